The normalized spacial score (nSPS) is 13.2. The van der Waals surface area contributed by atoms with Gasteiger partial charge in [-0.2, -0.15) is 0 Å². The topological polar surface area (TPSA) is 57.6 Å². The summed E-state index contributed by atoms with van der Waals surface area (Å²) in [6.45, 7) is 5.32. The fourth-order valence-corrected chi connectivity index (χ4v) is 2.86. The third-order valence-corrected chi connectivity index (χ3v) is 4.52. The molecule has 0 aliphatic rings. The first-order chi connectivity index (χ1) is 11.2. The van der Waals surface area contributed by atoms with Crippen molar-refractivity contribution < 1.29 is 14.7 Å². The molecule has 0 aliphatic heterocycles. The van der Waals surface area contributed by atoms with Gasteiger partial charge >= 0.3 is 5.97 Å². The van der Waals surface area contributed by atoms with Gasteiger partial charge in [-0.05, 0) is 50.6 Å². The van der Waals surface area contributed by atoms with E-state index in [9.17, 15) is 14.7 Å². The number of likely N-dealkylation sites (N-methyl/N-ethyl adjacent to an activating group) is 1. The Morgan fingerprint density at radius 2 is 1.54 bits per heavy atom. The molecule has 0 spiro atoms. The Balaban J connectivity index is 2.49. The average molecular weight is 346 g/mol. The molecule has 0 aliphatic carbocycles. The van der Waals surface area contributed by atoms with Gasteiger partial charge < -0.3 is 10.0 Å². The lowest BCUT2D eigenvalue weighted by molar-refractivity contribution is -0.148. The number of carboxylic acid groups (broad SMARTS) is 1. The molecular weight excluding hydrogens is 326 g/mol. The van der Waals surface area contributed by atoms with Crippen LogP contribution in [0.2, 0.25) is 5.02 Å². The molecule has 0 saturated heterocycles. The number of hydrogen-bond donors (Lipinski definition) is 1. The zero-order chi connectivity index (χ0) is 18.1. The number of carbonyl (C=O) groups excluding carboxylic acids is 1. The molecule has 0 fully saturated rings. The van der Waals surface area contributed by atoms with Crippen molar-refractivity contribution in [3.05, 3.63) is 69.7 Å². The molecule has 0 heterocycles. The van der Waals surface area contributed by atoms with Crippen LogP contribution in [0.4, 0.5) is 0 Å². The first kappa shape index (κ1) is 18.0. The maximum absolute atomic E-state index is 12.9. The van der Waals surface area contributed by atoms with Crippen LogP contribution < -0.4 is 0 Å². The molecule has 24 heavy (non-hydrogen) atoms. The lowest BCUT2D eigenvalue weighted by atomic mass is 9.89. The van der Waals surface area contributed by atoms with Crippen molar-refractivity contribution >= 4 is 23.5 Å². The quantitative estimate of drug-likeness (QED) is 0.910. The van der Waals surface area contributed by atoms with Gasteiger partial charge in [0.2, 0.25) is 0 Å². The second-order valence-corrected chi connectivity index (χ2v) is 6.56. The smallest absolute Gasteiger partial charge is 0.334 e. The van der Waals surface area contributed by atoms with Gasteiger partial charge in [-0.1, -0.05) is 40.9 Å². The number of nitrogens with zero attached hydrogens (tertiary/aromatic N) is 1. The molecule has 1 amide bonds. The Bertz CT molecular complexity index is 765. The highest BCUT2D eigenvalue weighted by atomic mass is 35.5. The summed E-state index contributed by atoms with van der Waals surface area (Å²) in [6, 6.07) is 12.0. The maximum atomic E-state index is 12.9. The molecule has 2 aromatic rings. The number of rotatable bonds is 4. The zero-order valence-corrected chi connectivity index (χ0v) is 14.9. The van der Waals surface area contributed by atoms with Crippen molar-refractivity contribution in [2.45, 2.75) is 26.3 Å². The summed E-state index contributed by atoms with van der Waals surface area (Å²) in [5, 5.41) is 10.3. The van der Waals surface area contributed by atoms with E-state index in [2.05, 4.69) is 0 Å². The van der Waals surface area contributed by atoms with E-state index in [0.29, 0.717) is 16.1 Å². The van der Waals surface area contributed by atoms with Crippen LogP contribution in [0.15, 0.2) is 42.5 Å². The molecule has 0 bridgehead atoms. The van der Waals surface area contributed by atoms with Crippen molar-refractivity contribution in [1.29, 1.82) is 0 Å². The van der Waals surface area contributed by atoms with E-state index in [0.717, 1.165) is 11.1 Å². The van der Waals surface area contributed by atoms with Crippen LogP contribution in [-0.4, -0.2) is 28.9 Å². The summed E-state index contributed by atoms with van der Waals surface area (Å²) in [7, 11) is 1.50. The molecule has 5 heteroatoms. The summed E-state index contributed by atoms with van der Waals surface area (Å²) in [6.07, 6.45) is 0. The summed E-state index contributed by atoms with van der Waals surface area (Å²) in [4.78, 5) is 26.1. The van der Waals surface area contributed by atoms with E-state index in [-0.39, 0.29) is 5.91 Å². The number of hydrogen-bond acceptors (Lipinski definition) is 2. The molecular formula is C19H20ClNO3. The van der Waals surface area contributed by atoms with E-state index in [1.165, 1.54) is 18.9 Å². The number of carbonyl (C=O) groups is 2. The second-order valence-electron chi connectivity index (χ2n) is 6.12. The van der Waals surface area contributed by atoms with Gasteiger partial charge in [0.05, 0.1) is 0 Å². The van der Waals surface area contributed by atoms with Gasteiger partial charge in [-0.25, -0.2) is 4.79 Å². The Morgan fingerprint density at radius 3 is 2.00 bits per heavy atom. The third kappa shape index (κ3) is 3.29. The Hall–Kier alpha value is -2.33. The fraction of sp³-hybridized carbons (Fsp3) is 0.263. The highest BCUT2D eigenvalue weighted by Gasteiger charge is 2.42. The lowest BCUT2D eigenvalue weighted by Gasteiger charge is -2.35. The van der Waals surface area contributed by atoms with Gasteiger partial charge in [0.25, 0.3) is 5.91 Å². The van der Waals surface area contributed by atoms with E-state index < -0.39 is 11.5 Å². The van der Waals surface area contributed by atoms with Gasteiger partial charge in [-0.15, -0.1) is 0 Å². The minimum Gasteiger partial charge on any atom is -0.479 e. The molecule has 2 aromatic carbocycles. The van der Waals surface area contributed by atoms with Crippen molar-refractivity contribution in [3.8, 4) is 0 Å². The van der Waals surface area contributed by atoms with Crippen LogP contribution in [0.3, 0.4) is 0 Å². The summed E-state index contributed by atoms with van der Waals surface area (Å²) in [5.74, 6) is -1.45. The Morgan fingerprint density at radius 1 is 1.04 bits per heavy atom. The zero-order valence-electron chi connectivity index (χ0n) is 14.1. The maximum Gasteiger partial charge on any atom is 0.334 e. The molecule has 0 radical (unpaired) electrons. The Labute approximate surface area is 146 Å². The summed E-state index contributed by atoms with van der Waals surface area (Å²) in [5.41, 5.74) is 1.36. The van der Waals surface area contributed by atoms with E-state index in [4.69, 9.17) is 11.6 Å². The number of aliphatic carboxylic acids is 1. The van der Waals surface area contributed by atoms with Crippen LogP contribution in [0.5, 0.6) is 0 Å². The molecule has 4 nitrogen and oxygen atoms in total. The third-order valence-electron chi connectivity index (χ3n) is 4.27. The second kappa shape index (κ2) is 6.65. The molecule has 0 saturated carbocycles. The van der Waals surface area contributed by atoms with Crippen molar-refractivity contribution in [2.24, 2.45) is 0 Å². The highest BCUT2D eigenvalue weighted by Crippen LogP contribution is 2.30. The summed E-state index contributed by atoms with van der Waals surface area (Å²) >= 11 is 5.89. The van der Waals surface area contributed by atoms with Crippen molar-refractivity contribution in [3.63, 3.8) is 0 Å². The monoisotopic (exact) mass is 345 g/mol. The van der Waals surface area contributed by atoms with Crippen LogP contribution in [-0.2, 0) is 10.3 Å². The first-order valence-electron chi connectivity index (χ1n) is 7.52. The van der Waals surface area contributed by atoms with Gasteiger partial charge in [0.15, 0.2) is 5.54 Å². The Kier molecular flexibility index (Phi) is 4.99. The van der Waals surface area contributed by atoms with E-state index in [1.54, 1.807) is 36.4 Å². The SMILES string of the molecule is Cc1cc(C)cc(C(=O)N(C)[C@@](C)(C(=O)O)c2ccc(Cl)cc2)c1. The van der Waals surface area contributed by atoms with Crippen LogP contribution in [0, 0.1) is 13.8 Å². The largest absolute Gasteiger partial charge is 0.479 e. The van der Waals surface area contributed by atoms with E-state index in [1.807, 2.05) is 19.9 Å². The molecule has 0 unspecified atom stereocenters. The number of carboxylic acids is 1. The van der Waals surface area contributed by atoms with Crippen molar-refractivity contribution in [1.82, 2.24) is 4.90 Å². The van der Waals surface area contributed by atoms with Crippen LogP contribution in [0.1, 0.15) is 34.0 Å². The van der Waals surface area contributed by atoms with Gasteiger partial charge in [0.1, 0.15) is 0 Å². The van der Waals surface area contributed by atoms with E-state index >= 15 is 0 Å². The number of benzene rings is 2. The molecule has 2 rings (SSSR count). The molecule has 1 atom stereocenters. The predicted octanol–water partition coefficient (Wildman–Crippen LogP) is 4.03. The standard InChI is InChI=1S/C19H20ClNO3/c1-12-9-13(2)11-14(10-12)17(22)21(4)19(3,18(23)24)15-5-7-16(20)8-6-15/h5-11H,1-4H3,(H,23,24)/t19-/m1/s1. The minimum absolute atomic E-state index is 0.346. The highest BCUT2D eigenvalue weighted by molar-refractivity contribution is 6.30. The fourth-order valence-electron chi connectivity index (χ4n) is 2.73. The lowest BCUT2D eigenvalue weighted by Crippen LogP contribution is -2.50. The first-order valence-corrected chi connectivity index (χ1v) is 7.90. The molecule has 0 aromatic heterocycles. The van der Waals surface area contributed by atoms with Crippen molar-refractivity contribution in [2.75, 3.05) is 7.05 Å². The number of halogens is 1. The van der Waals surface area contributed by atoms with Crippen LogP contribution >= 0.6 is 11.6 Å². The average Bonchev–Trinajstić information content (AvgIpc) is 2.52. The summed E-state index contributed by atoms with van der Waals surface area (Å²) < 4.78 is 0. The van der Waals surface area contributed by atoms with Gasteiger partial charge in [-0.3, -0.25) is 4.79 Å². The minimum atomic E-state index is -1.50. The predicted molar refractivity (Wildman–Crippen MR) is 94.4 cm³/mol. The number of amides is 1. The van der Waals surface area contributed by atoms with Gasteiger partial charge in [0, 0.05) is 17.6 Å². The van der Waals surface area contributed by atoms with Crippen LogP contribution in [0.25, 0.3) is 0 Å². The number of aryl methyl sites for hydroxylation is 2. The molecule has 1 N–H and O–H groups in total. The molecule has 126 valence electrons.